The number of para-hydroxylation sites is 1. The summed E-state index contributed by atoms with van der Waals surface area (Å²) in [6.45, 7) is 2.68. The molecule has 0 radical (unpaired) electrons. The number of hydrogen-bond acceptors (Lipinski definition) is 3. The van der Waals surface area contributed by atoms with Gasteiger partial charge in [-0.2, -0.15) is 10.4 Å². The number of nitriles is 1. The van der Waals surface area contributed by atoms with Gasteiger partial charge in [0.2, 0.25) is 0 Å². The van der Waals surface area contributed by atoms with E-state index in [2.05, 4.69) is 16.2 Å². The van der Waals surface area contributed by atoms with E-state index in [0.29, 0.717) is 16.9 Å². The Labute approximate surface area is 121 Å². The lowest BCUT2D eigenvalue weighted by Gasteiger charge is -2.04. The van der Waals surface area contributed by atoms with Crippen LogP contribution in [0.25, 0.3) is 11.0 Å². The van der Waals surface area contributed by atoms with Crippen LogP contribution < -0.4 is 0 Å². The van der Waals surface area contributed by atoms with Crippen LogP contribution in [-0.4, -0.2) is 19.3 Å². The minimum Gasteiger partial charge on any atom is -0.329 e. The standard InChI is InChI=1S/C14H13N5S/c1-9-11(7-16-18(9)2)8-19-12-5-3-4-10(6-15)13(12)17-14(19)20/h3-5,7H,8H2,1-2H3,(H,17,20). The summed E-state index contributed by atoms with van der Waals surface area (Å²) in [4.78, 5) is 3.12. The molecule has 6 heteroatoms. The van der Waals surface area contributed by atoms with Crippen molar-refractivity contribution in [2.45, 2.75) is 13.5 Å². The van der Waals surface area contributed by atoms with Crippen molar-refractivity contribution in [3.63, 3.8) is 0 Å². The number of nitrogens with one attached hydrogen (secondary N) is 1. The molecule has 0 bridgehead atoms. The predicted molar refractivity (Wildman–Crippen MR) is 78.9 cm³/mol. The molecule has 0 saturated heterocycles. The van der Waals surface area contributed by atoms with Gasteiger partial charge in [-0.05, 0) is 31.3 Å². The molecule has 3 rings (SSSR count). The smallest absolute Gasteiger partial charge is 0.178 e. The van der Waals surface area contributed by atoms with Crippen LogP contribution in [-0.2, 0) is 13.6 Å². The van der Waals surface area contributed by atoms with Crippen LogP contribution in [0.2, 0.25) is 0 Å². The topological polar surface area (TPSA) is 62.3 Å². The molecule has 0 atom stereocenters. The largest absolute Gasteiger partial charge is 0.329 e. The lowest BCUT2D eigenvalue weighted by Crippen LogP contribution is -2.01. The molecule has 0 unspecified atom stereocenters. The highest BCUT2D eigenvalue weighted by Gasteiger charge is 2.11. The quantitative estimate of drug-likeness (QED) is 0.735. The Hall–Kier alpha value is -2.39. The van der Waals surface area contributed by atoms with Crippen LogP contribution >= 0.6 is 12.2 Å². The Morgan fingerprint density at radius 1 is 1.45 bits per heavy atom. The molecule has 100 valence electrons. The fourth-order valence-electron chi connectivity index (χ4n) is 2.30. The summed E-state index contributed by atoms with van der Waals surface area (Å²) in [7, 11) is 1.92. The molecule has 1 N–H and O–H groups in total. The fraction of sp³-hybridized carbons (Fsp3) is 0.214. The lowest BCUT2D eigenvalue weighted by atomic mass is 10.2. The summed E-state index contributed by atoms with van der Waals surface area (Å²) in [5.74, 6) is 0. The zero-order chi connectivity index (χ0) is 14.3. The van der Waals surface area contributed by atoms with Gasteiger partial charge in [-0.1, -0.05) is 6.07 Å². The Bertz CT molecular complexity index is 891. The molecular formula is C14H13N5S. The Kier molecular flexibility index (Phi) is 2.92. The molecule has 0 aliphatic carbocycles. The van der Waals surface area contributed by atoms with Crippen LogP contribution in [0, 0.1) is 23.0 Å². The summed E-state index contributed by atoms with van der Waals surface area (Å²) >= 11 is 5.38. The monoisotopic (exact) mass is 283 g/mol. The Morgan fingerprint density at radius 2 is 2.25 bits per heavy atom. The van der Waals surface area contributed by atoms with Gasteiger partial charge in [0.25, 0.3) is 0 Å². The molecular weight excluding hydrogens is 270 g/mol. The third-order valence-electron chi connectivity index (χ3n) is 3.60. The predicted octanol–water partition coefficient (Wildman–Crippen LogP) is 2.66. The van der Waals surface area contributed by atoms with Crippen molar-refractivity contribution in [2.75, 3.05) is 0 Å². The first-order chi connectivity index (χ1) is 9.61. The maximum atomic E-state index is 9.15. The normalized spacial score (nSPS) is 10.8. The molecule has 3 aromatic rings. The number of rotatable bonds is 2. The van der Waals surface area contributed by atoms with Crippen LogP contribution in [0.15, 0.2) is 24.4 Å². The van der Waals surface area contributed by atoms with Gasteiger partial charge in [-0.3, -0.25) is 4.68 Å². The average Bonchev–Trinajstić information content (AvgIpc) is 2.93. The molecule has 2 aromatic heterocycles. The third-order valence-corrected chi connectivity index (χ3v) is 3.92. The number of fused-ring (bicyclic) bond motifs is 1. The summed E-state index contributed by atoms with van der Waals surface area (Å²) in [6, 6.07) is 7.81. The zero-order valence-electron chi connectivity index (χ0n) is 11.2. The van der Waals surface area contributed by atoms with Crippen molar-refractivity contribution in [3.8, 4) is 6.07 Å². The van der Waals surface area contributed by atoms with Crippen LogP contribution in [0.5, 0.6) is 0 Å². The Morgan fingerprint density at radius 3 is 2.90 bits per heavy atom. The summed E-state index contributed by atoms with van der Waals surface area (Å²) < 4.78 is 4.45. The lowest BCUT2D eigenvalue weighted by molar-refractivity contribution is 0.732. The molecule has 0 amide bonds. The molecule has 0 fully saturated rings. The second kappa shape index (κ2) is 4.62. The van der Waals surface area contributed by atoms with E-state index in [1.807, 2.05) is 41.5 Å². The van der Waals surface area contributed by atoms with Gasteiger partial charge in [0.05, 0.1) is 29.3 Å². The van der Waals surface area contributed by atoms with Gasteiger partial charge in [0.15, 0.2) is 4.77 Å². The van der Waals surface area contributed by atoms with Crippen molar-refractivity contribution in [1.29, 1.82) is 5.26 Å². The molecule has 0 aliphatic heterocycles. The van der Waals surface area contributed by atoms with Crippen molar-refractivity contribution >= 4 is 23.3 Å². The maximum Gasteiger partial charge on any atom is 0.178 e. The fourth-order valence-corrected chi connectivity index (χ4v) is 2.57. The summed E-state index contributed by atoms with van der Waals surface area (Å²) in [5.41, 5.74) is 4.57. The average molecular weight is 283 g/mol. The highest BCUT2D eigenvalue weighted by molar-refractivity contribution is 7.71. The number of H-pyrrole nitrogens is 1. The van der Waals surface area contributed by atoms with E-state index in [4.69, 9.17) is 17.5 Å². The number of aromatic nitrogens is 4. The first kappa shape index (κ1) is 12.6. The molecule has 0 spiro atoms. The first-order valence-corrected chi connectivity index (χ1v) is 6.61. The van der Waals surface area contributed by atoms with Gasteiger partial charge in [-0.15, -0.1) is 0 Å². The van der Waals surface area contributed by atoms with Gasteiger partial charge in [-0.25, -0.2) is 0 Å². The molecule has 0 saturated carbocycles. The second-order valence-electron chi connectivity index (χ2n) is 4.71. The van der Waals surface area contributed by atoms with E-state index in [0.717, 1.165) is 22.3 Å². The SMILES string of the molecule is Cc1c(Cn2c(=S)[nH]c3c(C#N)cccc32)cnn1C. The highest BCUT2D eigenvalue weighted by atomic mass is 32.1. The number of imidazole rings is 1. The summed E-state index contributed by atoms with van der Waals surface area (Å²) in [6.07, 6.45) is 1.85. The van der Waals surface area contributed by atoms with Crippen molar-refractivity contribution in [1.82, 2.24) is 19.3 Å². The van der Waals surface area contributed by atoms with Crippen LogP contribution in [0.4, 0.5) is 0 Å². The van der Waals surface area contributed by atoms with E-state index >= 15 is 0 Å². The number of aromatic amines is 1. The molecule has 2 heterocycles. The van der Waals surface area contributed by atoms with Crippen LogP contribution in [0.3, 0.4) is 0 Å². The second-order valence-corrected chi connectivity index (χ2v) is 5.09. The first-order valence-electron chi connectivity index (χ1n) is 6.21. The van der Waals surface area contributed by atoms with E-state index in [-0.39, 0.29) is 0 Å². The maximum absolute atomic E-state index is 9.15. The third kappa shape index (κ3) is 1.84. The molecule has 1 aromatic carbocycles. The summed E-state index contributed by atoms with van der Waals surface area (Å²) in [5, 5.41) is 13.4. The minimum atomic E-state index is 0.607. The highest BCUT2D eigenvalue weighted by Crippen LogP contribution is 2.20. The van der Waals surface area contributed by atoms with Gasteiger partial charge in [0.1, 0.15) is 6.07 Å². The van der Waals surface area contributed by atoms with Crippen molar-refractivity contribution in [2.24, 2.45) is 7.05 Å². The van der Waals surface area contributed by atoms with Gasteiger partial charge >= 0.3 is 0 Å². The van der Waals surface area contributed by atoms with E-state index in [1.54, 1.807) is 6.07 Å². The van der Waals surface area contributed by atoms with E-state index in [9.17, 15) is 0 Å². The van der Waals surface area contributed by atoms with Crippen molar-refractivity contribution < 1.29 is 0 Å². The molecule has 20 heavy (non-hydrogen) atoms. The molecule has 5 nitrogen and oxygen atoms in total. The van der Waals surface area contributed by atoms with Crippen molar-refractivity contribution in [3.05, 3.63) is 46.0 Å². The molecule has 0 aliphatic rings. The zero-order valence-corrected chi connectivity index (χ0v) is 12.0. The number of aryl methyl sites for hydroxylation is 1. The Balaban J connectivity index is 2.18. The van der Waals surface area contributed by atoms with Gasteiger partial charge < -0.3 is 9.55 Å². The number of benzene rings is 1. The van der Waals surface area contributed by atoms with E-state index in [1.165, 1.54) is 0 Å². The van der Waals surface area contributed by atoms with E-state index < -0.39 is 0 Å². The minimum absolute atomic E-state index is 0.607. The number of hydrogen-bond donors (Lipinski definition) is 1. The number of nitrogens with zero attached hydrogens (tertiary/aromatic N) is 4. The van der Waals surface area contributed by atoms with Gasteiger partial charge in [0, 0.05) is 18.3 Å². The van der Waals surface area contributed by atoms with Crippen LogP contribution in [0.1, 0.15) is 16.8 Å².